The molecule has 2 N–H and O–H groups in total. The zero-order valence-electron chi connectivity index (χ0n) is 10.6. The van der Waals surface area contributed by atoms with Crippen LogP contribution in [0.2, 0.25) is 0 Å². The summed E-state index contributed by atoms with van der Waals surface area (Å²) in [6.07, 6.45) is 5.41. The highest BCUT2D eigenvalue weighted by molar-refractivity contribution is 4.87. The monoisotopic (exact) mass is 213 g/mol. The highest BCUT2D eigenvalue weighted by Crippen LogP contribution is 2.37. The minimum Gasteiger partial charge on any atom is -0.330 e. The van der Waals surface area contributed by atoms with Crippen LogP contribution in [0.4, 0.5) is 0 Å². The van der Waals surface area contributed by atoms with Crippen LogP contribution >= 0.6 is 0 Å². The van der Waals surface area contributed by atoms with Crippen LogP contribution in [-0.2, 0) is 0 Å². The Morgan fingerprint density at radius 1 is 1.07 bits per heavy atom. The van der Waals surface area contributed by atoms with E-state index in [4.69, 9.17) is 5.73 Å². The van der Waals surface area contributed by atoms with Crippen LogP contribution in [0.1, 0.15) is 25.7 Å². The number of nitrogens with zero attached hydrogens (tertiary/aromatic N) is 2. The van der Waals surface area contributed by atoms with E-state index in [9.17, 15) is 0 Å². The first kappa shape index (κ1) is 12.9. The SMILES string of the molecule is CN(C)CCN(C)CC1(CN)CCCC1. The fourth-order valence-electron chi connectivity index (χ4n) is 2.57. The fraction of sp³-hybridized carbons (Fsp3) is 1.00. The van der Waals surface area contributed by atoms with Crippen molar-refractivity contribution in [3.05, 3.63) is 0 Å². The van der Waals surface area contributed by atoms with Crippen molar-refractivity contribution in [3.63, 3.8) is 0 Å². The average Bonchev–Trinajstić information content (AvgIpc) is 2.64. The van der Waals surface area contributed by atoms with Gasteiger partial charge < -0.3 is 15.5 Å². The van der Waals surface area contributed by atoms with E-state index in [2.05, 4.69) is 30.9 Å². The number of hydrogen-bond acceptors (Lipinski definition) is 3. The van der Waals surface area contributed by atoms with Crippen molar-refractivity contribution in [2.24, 2.45) is 11.1 Å². The third-order valence-electron chi connectivity index (χ3n) is 3.63. The Balaban J connectivity index is 2.31. The maximum Gasteiger partial charge on any atom is 0.0106 e. The highest BCUT2D eigenvalue weighted by Gasteiger charge is 2.33. The summed E-state index contributed by atoms with van der Waals surface area (Å²) in [4.78, 5) is 4.68. The molecule has 1 saturated carbocycles. The van der Waals surface area contributed by atoms with Crippen molar-refractivity contribution in [3.8, 4) is 0 Å². The molecule has 1 rings (SSSR count). The molecular formula is C12H27N3. The van der Waals surface area contributed by atoms with Crippen molar-refractivity contribution >= 4 is 0 Å². The van der Waals surface area contributed by atoms with E-state index in [0.29, 0.717) is 5.41 Å². The maximum absolute atomic E-state index is 5.94. The Morgan fingerprint density at radius 3 is 2.13 bits per heavy atom. The normalized spacial score (nSPS) is 20.4. The summed E-state index contributed by atoms with van der Waals surface area (Å²) in [5.41, 5.74) is 6.37. The van der Waals surface area contributed by atoms with Gasteiger partial charge in [-0.15, -0.1) is 0 Å². The van der Waals surface area contributed by atoms with Crippen LogP contribution < -0.4 is 5.73 Å². The van der Waals surface area contributed by atoms with Crippen molar-refractivity contribution in [1.82, 2.24) is 9.80 Å². The average molecular weight is 213 g/mol. The minimum absolute atomic E-state index is 0.432. The van der Waals surface area contributed by atoms with Gasteiger partial charge in [0.2, 0.25) is 0 Å². The molecule has 15 heavy (non-hydrogen) atoms. The summed E-state index contributed by atoms with van der Waals surface area (Å²) >= 11 is 0. The van der Waals surface area contributed by atoms with E-state index >= 15 is 0 Å². The second kappa shape index (κ2) is 5.83. The molecule has 0 aliphatic heterocycles. The third kappa shape index (κ3) is 4.09. The highest BCUT2D eigenvalue weighted by atomic mass is 15.2. The van der Waals surface area contributed by atoms with Gasteiger partial charge in [-0.25, -0.2) is 0 Å². The van der Waals surface area contributed by atoms with Crippen LogP contribution in [0.5, 0.6) is 0 Å². The van der Waals surface area contributed by atoms with Gasteiger partial charge in [-0.05, 0) is 45.9 Å². The lowest BCUT2D eigenvalue weighted by atomic mass is 9.86. The molecule has 0 amide bonds. The van der Waals surface area contributed by atoms with E-state index in [-0.39, 0.29) is 0 Å². The Hall–Kier alpha value is -0.120. The van der Waals surface area contributed by atoms with Gasteiger partial charge >= 0.3 is 0 Å². The molecule has 0 bridgehead atoms. The van der Waals surface area contributed by atoms with E-state index < -0.39 is 0 Å². The molecule has 0 saturated heterocycles. The number of rotatable bonds is 6. The fourth-order valence-corrected chi connectivity index (χ4v) is 2.57. The standard InChI is InChI=1S/C12H27N3/c1-14(2)8-9-15(3)11-12(10-13)6-4-5-7-12/h4-11,13H2,1-3H3. The van der Waals surface area contributed by atoms with Crippen molar-refractivity contribution < 1.29 is 0 Å². The molecule has 0 aromatic heterocycles. The lowest BCUT2D eigenvalue weighted by Gasteiger charge is -2.32. The predicted molar refractivity (Wildman–Crippen MR) is 66.0 cm³/mol. The topological polar surface area (TPSA) is 32.5 Å². The smallest absolute Gasteiger partial charge is 0.0106 e. The van der Waals surface area contributed by atoms with Crippen molar-refractivity contribution in [2.45, 2.75) is 25.7 Å². The lowest BCUT2D eigenvalue weighted by molar-refractivity contribution is 0.174. The van der Waals surface area contributed by atoms with Gasteiger partial charge in [0.1, 0.15) is 0 Å². The van der Waals surface area contributed by atoms with Crippen LogP contribution in [0.15, 0.2) is 0 Å². The number of likely N-dealkylation sites (N-methyl/N-ethyl adjacent to an activating group) is 2. The second-order valence-corrected chi connectivity index (χ2v) is 5.45. The molecule has 0 unspecified atom stereocenters. The van der Waals surface area contributed by atoms with Gasteiger partial charge in [-0.2, -0.15) is 0 Å². The van der Waals surface area contributed by atoms with Gasteiger partial charge in [-0.1, -0.05) is 12.8 Å². The molecule has 1 aliphatic rings. The Kier molecular flexibility index (Phi) is 5.03. The van der Waals surface area contributed by atoms with Gasteiger partial charge in [0.05, 0.1) is 0 Å². The van der Waals surface area contributed by atoms with Gasteiger partial charge in [0.15, 0.2) is 0 Å². The lowest BCUT2D eigenvalue weighted by Crippen LogP contribution is -2.41. The molecule has 1 fully saturated rings. The first-order valence-corrected chi connectivity index (χ1v) is 6.11. The van der Waals surface area contributed by atoms with Crippen molar-refractivity contribution in [1.29, 1.82) is 0 Å². The molecule has 0 atom stereocenters. The largest absolute Gasteiger partial charge is 0.330 e. The first-order valence-electron chi connectivity index (χ1n) is 6.11. The molecule has 0 heterocycles. The molecule has 0 aromatic carbocycles. The van der Waals surface area contributed by atoms with E-state index in [1.807, 2.05) is 0 Å². The third-order valence-corrected chi connectivity index (χ3v) is 3.63. The Labute approximate surface area is 94.6 Å². The molecule has 0 aromatic rings. The minimum atomic E-state index is 0.432. The van der Waals surface area contributed by atoms with Gasteiger partial charge in [0.25, 0.3) is 0 Å². The Bertz CT molecular complexity index is 174. The Morgan fingerprint density at radius 2 is 1.67 bits per heavy atom. The molecular weight excluding hydrogens is 186 g/mol. The zero-order chi connectivity index (χ0) is 11.3. The van der Waals surface area contributed by atoms with Gasteiger partial charge in [-0.3, -0.25) is 0 Å². The summed E-state index contributed by atoms with van der Waals surface area (Å²) in [7, 11) is 6.48. The molecule has 1 aliphatic carbocycles. The molecule has 0 radical (unpaired) electrons. The van der Waals surface area contributed by atoms with Crippen molar-refractivity contribution in [2.75, 3.05) is 47.3 Å². The number of hydrogen-bond donors (Lipinski definition) is 1. The molecule has 3 nitrogen and oxygen atoms in total. The summed E-state index contributed by atoms with van der Waals surface area (Å²) in [6.45, 7) is 4.32. The quantitative estimate of drug-likeness (QED) is 0.714. The summed E-state index contributed by atoms with van der Waals surface area (Å²) in [5.74, 6) is 0. The van der Waals surface area contributed by atoms with Crippen LogP contribution in [-0.4, -0.2) is 57.1 Å². The molecule has 3 heteroatoms. The summed E-state index contributed by atoms with van der Waals surface area (Å²) in [5, 5.41) is 0. The van der Waals surface area contributed by atoms with Crippen LogP contribution in [0.25, 0.3) is 0 Å². The molecule has 0 spiro atoms. The summed E-state index contributed by atoms with van der Waals surface area (Å²) < 4.78 is 0. The van der Waals surface area contributed by atoms with Crippen LogP contribution in [0, 0.1) is 5.41 Å². The number of nitrogens with two attached hydrogens (primary N) is 1. The van der Waals surface area contributed by atoms with Gasteiger partial charge in [0, 0.05) is 19.6 Å². The first-order chi connectivity index (χ1) is 7.08. The van der Waals surface area contributed by atoms with E-state index in [0.717, 1.165) is 19.6 Å². The zero-order valence-corrected chi connectivity index (χ0v) is 10.6. The second-order valence-electron chi connectivity index (χ2n) is 5.45. The maximum atomic E-state index is 5.94. The van der Waals surface area contributed by atoms with E-state index in [1.165, 1.54) is 32.2 Å². The summed E-state index contributed by atoms with van der Waals surface area (Å²) in [6, 6.07) is 0. The van der Waals surface area contributed by atoms with Crippen LogP contribution in [0.3, 0.4) is 0 Å². The predicted octanol–water partition coefficient (Wildman–Crippen LogP) is 0.999. The molecule has 90 valence electrons. The van der Waals surface area contributed by atoms with E-state index in [1.54, 1.807) is 0 Å².